The maximum atomic E-state index is 13.4. The molecule has 2 aromatic rings. The van der Waals surface area contributed by atoms with Crippen molar-refractivity contribution in [1.29, 1.82) is 0 Å². The Morgan fingerprint density at radius 3 is 2.63 bits per heavy atom. The minimum atomic E-state index is -0.664. The number of carbonyl (C=O) groups excluding carboxylic acids is 1. The van der Waals surface area contributed by atoms with Crippen LogP contribution in [-0.4, -0.2) is 5.91 Å². The summed E-state index contributed by atoms with van der Waals surface area (Å²) in [5.41, 5.74) is 0.759. The van der Waals surface area contributed by atoms with Gasteiger partial charge < -0.3 is 5.32 Å². The van der Waals surface area contributed by atoms with Crippen LogP contribution in [-0.2, 0) is 6.54 Å². The average molecular weight is 373 g/mol. The monoisotopic (exact) mass is 373 g/mol. The molecule has 0 spiro atoms. The van der Waals surface area contributed by atoms with E-state index in [1.165, 1.54) is 6.07 Å². The van der Waals surface area contributed by atoms with Gasteiger partial charge in [-0.05, 0) is 46.9 Å². The molecule has 1 amide bonds. The molecule has 0 unspecified atom stereocenters. The maximum Gasteiger partial charge on any atom is 0.251 e. The molecule has 0 aliphatic heterocycles. The van der Waals surface area contributed by atoms with Crippen LogP contribution in [0.3, 0.4) is 0 Å². The van der Waals surface area contributed by atoms with E-state index in [1.807, 2.05) is 6.07 Å². The lowest BCUT2D eigenvalue weighted by Gasteiger charge is -2.06. The molecule has 0 radical (unpaired) electrons. The van der Waals surface area contributed by atoms with Crippen LogP contribution in [0.2, 0.25) is 0 Å². The summed E-state index contributed by atoms with van der Waals surface area (Å²) < 4.78 is 27.0. The molecule has 19 heavy (non-hydrogen) atoms. The molecule has 0 bridgehead atoms. The maximum absolute atomic E-state index is 13.4. The van der Waals surface area contributed by atoms with Gasteiger partial charge in [0.15, 0.2) is 0 Å². The number of carbonyl (C=O) groups is 1. The summed E-state index contributed by atoms with van der Waals surface area (Å²) in [6.07, 6.45) is 0. The third-order valence-electron chi connectivity index (χ3n) is 2.54. The van der Waals surface area contributed by atoms with E-state index in [-0.39, 0.29) is 18.0 Å². The van der Waals surface area contributed by atoms with Crippen molar-refractivity contribution in [2.75, 3.05) is 0 Å². The second-order valence-electron chi connectivity index (χ2n) is 3.93. The molecular weight excluding hydrogens is 363 g/mol. The first-order valence-corrected chi connectivity index (χ1v) is 6.62. The molecule has 2 rings (SSSR count). The van der Waals surface area contributed by atoms with Gasteiger partial charge in [-0.25, -0.2) is 8.78 Å². The van der Waals surface area contributed by atoms with Crippen molar-refractivity contribution in [1.82, 2.24) is 5.32 Å². The predicted octanol–water partition coefficient (Wildman–Crippen LogP) is 3.50. The summed E-state index contributed by atoms with van der Waals surface area (Å²) in [4.78, 5) is 11.8. The van der Waals surface area contributed by atoms with Crippen LogP contribution in [0.25, 0.3) is 0 Å². The van der Waals surface area contributed by atoms with E-state index >= 15 is 0 Å². The number of halogens is 3. The van der Waals surface area contributed by atoms with Crippen LogP contribution in [0.1, 0.15) is 15.9 Å². The number of amides is 1. The molecule has 0 atom stereocenters. The third-order valence-corrected chi connectivity index (χ3v) is 3.21. The Balaban J connectivity index is 2.04. The lowest BCUT2D eigenvalue weighted by molar-refractivity contribution is 0.0950. The number of benzene rings is 2. The van der Waals surface area contributed by atoms with Crippen molar-refractivity contribution in [3.8, 4) is 0 Å². The van der Waals surface area contributed by atoms with Crippen molar-refractivity contribution >= 4 is 28.5 Å². The molecule has 98 valence electrons. The normalized spacial score (nSPS) is 10.3. The quantitative estimate of drug-likeness (QED) is 0.820. The van der Waals surface area contributed by atoms with E-state index in [9.17, 15) is 13.6 Å². The van der Waals surface area contributed by atoms with E-state index in [0.717, 1.165) is 15.7 Å². The first-order valence-electron chi connectivity index (χ1n) is 5.54. The standard InChI is InChI=1S/C14H10F2INO/c15-11-5-4-10(13(16)7-11)8-18-14(19)9-2-1-3-12(17)6-9/h1-7H,8H2,(H,18,19). The van der Waals surface area contributed by atoms with Crippen LogP contribution in [0.4, 0.5) is 8.78 Å². The van der Waals surface area contributed by atoms with Gasteiger partial charge in [-0.3, -0.25) is 4.79 Å². The second kappa shape index (κ2) is 6.10. The summed E-state index contributed by atoms with van der Waals surface area (Å²) >= 11 is 2.11. The van der Waals surface area contributed by atoms with Gasteiger partial charge in [-0.2, -0.15) is 0 Å². The molecular formula is C14H10F2INO. The van der Waals surface area contributed by atoms with Gasteiger partial charge >= 0.3 is 0 Å². The molecule has 5 heteroatoms. The number of hydrogen-bond acceptors (Lipinski definition) is 1. The summed E-state index contributed by atoms with van der Waals surface area (Å²) in [6.45, 7) is 0.0242. The highest BCUT2D eigenvalue weighted by Crippen LogP contribution is 2.10. The Hall–Kier alpha value is -1.50. The first kappa shape index (κ1) is 13.9. The largest absolute Gasteiger partial charge is 0.348 e. The Bertz CT molecular complexity index is 616. The van der Waals surface area contributed by atoms with Gasteiger partial charge in [0.2, 0.25) is 0 Å². The van der Waals surface area contributed by atoms with Crippen LogP contribution in [0, 0.1) is 15.2 Å². The van der Waals surface area contributed by atoms with E-state index < -0.39 is 11.6 Å². The van der Waals surface area contributed by atoms with E-state index in [2.05, 4.69) is 27.9 Å². The predicted molar refractivity (Wildman–Crippen MR) is 76.7 cm³/mol. The molecule has 1 N–H and O–H groups in total. The third kappa shape index (κ3) is 3.73. The number of rotatable bonds is 3. The molecule has 0 saturated carbocycles. The molecule has 2 aromatic carbocycles. The molecule has 0 fully saturated rings. The fourth-order valence-corrected chi connectivity index (χ4v) is 2.12. The topological polar surface area (TPSA) is 29.1 Å². The van der Waals surface area contributed by atoms with Crippen LogP contribution in [0.15, 0.2) is 42.5 Å². The number of hydrogen-bond donors (Lipinski definition) is 1. The van der Waals surface area contributed by atoms with Gasteiger partial charge in [0, 0.05) is 27.3 Å². The summed E-state index contributed by atoms with van der Waals surface area (Å²) in [5.74, 6) is -1.59. The van der Waals surface area contributed by atoms with Crippen molar-refractivity contribution in [2.24, 2.45) is 0 Å². The highest BCUT2D eigenvalue weighted by Gasteiger charge is 2.08. The Morgan fingerprint density at radius 2 is 1.95 bits per heavy atom. The molecule has 0 saturated heterocycles. The van der Waals surface area contributed by atoms with E-state index in [1.54, 1.807) is 18.2 Å². The van der Waals surface area contributed by atoms with Crippen molar-refractivity contribution < 1.29 is 13.6 Å². The van der Waals surface area contributed by atoms with E-state index in [0.29, 0.717) is 5.56 Å². The van der Waals surface area contributed by atoms with Gasteiger partial charge in [-0.1, -0.05) is 12.1 Å². The Morgan fingerprint density at radius 1 is 1.16 bits per heavy atom. The van der Waals surface area contributed by atoms with Gasteiger partial charge in [0.1, 0.15) is 11.6 Å². The van der Waals surface area contributed by atoms with Crippen molar-refractivity contribution in [3.63, 3.8) is 0 Å². The van der Waals surface area contributed by atoms with Gasteiger partial charge in [0.25, 0.3) is 5.91 Å². The molecule has 0 aliphatic carbocycles. The molecule has 0 heterocycles. The minimum absolute atomic E-state index is 0.0242. The highest BCUT2D eigenvalue weighted by molar-refractivity contribution is 14.1. The lowest BCUT2D eigenvalue weighted by atomic mass is 10.2. The second-order valence-corrected chi connectivity index (χ2v) is 5.17. The van der Waals surface area contributed by atoms with Crippen LogP contribution >= 0.6 is 22.6 Å². The highest BCUT2D eigenvalue weighted by atomic mass is 127. The van der Waals surface area contributed by atoms with Crippen LogP contribution in [0.5, 0.6) is 0 Å². The molecule has 0 aliphatic rings. The average Bonchev–Trinajstić information content (AvgIpc) is 2.37. The Labute approximate surface area is 123 Å². The summed E-state index contributed by atoms with van der Waals surface area (Å²) in [6, 6.07) is 10.3. The minimum Gasteiger partial charge on any atom is -0.348 e. The van der Waals surface area contributed by atoms with Gasteiger partial charge in [-0.15, -0.1) is 0 Å². The zero-order valence-electron chi connectivity index (χ0n) is 9.79. The SMILES string of the molecule is O=C(NCc1ccc(F)cc1F)c1cccc(I)c1. The zero-order chi connectivity index (χ0) is 13.8. The smallest absolute Gasteiger partial charge is 0.251 e. The van der Waals surface area contributed by atoms with E-state index in [4.69, 9.17) is 0 Å². The summed E-state index contributed by atoms with van der Waals surface area (Å²) in [7, 11) is 0. The van der Waals surface area contributed by atoms with Crippen molar-refractivity contribution in [3.05, 3.63) is 68.8 Å². The fraction of sp³-hybridized carbons (Fsp3) is 0.0714. The van der Waals surface area contributed by atoms with Crippen molar-refractivity contribution in [2.45, 2.75) is 6.54 Å². The number of nitrogens with one attached hydrogen (secondary N) is 1. The molecule has 0 aromatic heterocycles. The lowest BCUT2D eigenvalue weighted by Crippen LogP contribution is -2.23. The van der Waals surface area contributed by atoms with Gasteiger partial charge in [0.05, 0.1) is 0 Å². The molecule has 2 nitrogen and oxygen atoms in total. The Kier molecular flexibility index (Phi) is 4.47. The van der Waals surface area contributed by atoms with Crippen LogP contribution < -0.4 is 5.32 Å². The fourth-order valence-electron chi connectivity index (χ4n) is 1.57. The first-order chi connectivity index (χ1) is 9.06. The summed E-state index contributed by atoms with van der Waals surface area (Å²) in [5, 5.41) is 2.60. The zero-order valence-corrected chi connectivity index (χ0v) is 11.9.